The third-order valence-electron chi connectivity index (χ3n) is 3.80. The van der Waals surface area contributed by atoms with Crippen LogP contribution < -0.4 is 0 Å². The molecule has 0 aliphatic heterocycles. The molecule has 0 heterocycles. The van der Waals surface area contributed by atoms with E-state index in [0.717, 1.165) is 19.4 Å². The average Bonchev–Trinajstić information content (AvgIpc) is 2.27. The van der Waals surface area contributed by atoms with Gasteiger partial charge in [-0.3, -0.25) is 0 Å². The molecule has 100 valence electrons. The second-order valence-corrected chi connectivity index (χ2v) is 5.77. The fourth-order valence-corrected chi connectivity index (χ4v) is 1.74. The van der Waals surface area contributed by atoms with Gasteiger partial charge in [-0.2, -0.15) is 13.2 Å². The molecule has 0 atom stereocenters. The first-order chi connectivity index (χ1) is 8.41. The second-order valence-electron chi connectivity index (χ2n) is 5.77. The highest BCUT2D eigenvalue weighted by Crippen LogP contribution is 2.48. The van der Waals surface area contributed by atoms with Gasteiger partial charge in [-0.05, 0) is 11.5 Å². The van der Waals surface area contributed by atoms with Crippen LogP contribution in [0.15, 0.2) is 24.3 Å². The molecule has 0 aliphatic rings. The summed E-state index contributed by atoms with van der Waals surface area (Å²) in [5.74, 6) is 0.301. The van der Waals surface area contributed by atoms with Crippen LogP contribution in [0.5, 0.6) is 0 Å². The molecule has 0 saturated carbocycles. The number of alkyl halides is 3. The molecule has 0 spiro atoms. The van der Waals surface area contributed by atoms with Crippen LogP contribution in [0.3, 0.4) is 0 Å². The predicted octanol–water partition coefficient (Wildman–Crippen LogP) is 3.89. The molecule has 19 heavy (non-hydrogen) atoms. The van der Waals surface area contributed by atoms with Crippen LogP contribution in [0.4, 0.5) is 13.2 Å². The van der Waals surface area contributed by atoms with Crippen molar-refractivity contribution in [1.82, 2.24) is 0 Å². The Bertz CT molecular complexity index is 431. The molecule has 5 heteroatoms. The lowest BCUT2D eigenvalue weighted by Crippen LogP contribution is -2.52. The van der Waals surface area contributed by atoms with E-state index < -0.39 is 16.8 Å². The first-order valence-corrected chi connectivity index (χ1v) is 6.16. The van der Waals surface area contributed by atoms with Crippen molar-refractivity contribution in [3.8, 4) is 0 Å². The highest BCUT2D eigenvalue weighted by molar-refractivity contribution is 6.40. The summed E-state index contributed by atoms with van der Waals surface area (Å²) in [6, 6.07) is 6.67. The zero-order chi connectivity index (χ0) is 15.1. The van der Waals surface area contributed by atoms with Gasteiger partial charge in [0.25, 0.3) is 0 Å². The van der Waals surface area contributed by atoms with E-state index in [0.29, 0.717) is 5.92 Å². The van der Waals surface area contributed by atoms with E-state index in [-0.39, 0.29) is 5.56 Å². The van der Waals surface area contributed by atoms with Crippen molar-refractivity contribution in [2.45, 2.75) is 45.0 Å². The van der Waals surface area contributed by atoms with Crippen molar-refractivity contribution in [2.24, 2.45) is 5.41 Å². The topological polar surface area (TPSA) is 0 Å². The summed E-state index contributed by atoms with van der Waals surface area (Å²) < 4.78 is 39.2. The van der Waals surface area contributed by atoms with E-state index >= 15 is 0 Å². The molecule has 1 aromatic rings. The molecule has 0 saturated heterocycles. The Balaban J connectivity index is 3.20. The maximum Gasteiger partial charge on any atom is 0.393 e. The van der Waals surface area contributed by atoms with Crippen molar-refractivity contribution in [1.29, 1.82) is 0 Å². The monoisotopic (exact) mass is 264 g/mol. The smallest absolute Gasteiger partial charge is 0.171 e. The van der Waals surface area contributed by atoms with Crippen molar-refractivity contribution in [2.75, 3.05) is 0 Å². The van der Waals surface area contributed by atoms with Gasteiger partial charge in [0.05, 0.1) is 21.1 Å². The lowest BCUT2D eigenvalue weighted by atomic mass is 9.40. The van der Waals surface area contributed by atoms with E-state index in [1.807, 2.05) is 13.8 Å². The van der Waals surface area contributed by atoms with Crippen LogP contribution in [0.25, 0.3) is 0 Å². The van der Waals surface area contributed by atoms with Crippen LogP contribution in [0.2, 0.25) is 0 Å². The van der Waals surface area contributed by atoms with Crippen LogP contribution in [-0.2, 0) is 5.21 Å². The molecule has 0 fully saturated rings. The molecule has 0 amide bonds. The number of hydrogen-bond donors (Lipinski definition) is 0. The Morgan fingerprint density at radius 2 is 1.37 bits per heavy atom. The van der Waals surface area contributed by atoms with Crippen LogP contribution in [0, 0.1) is 5.41 Å². The zero-order valence-corrected chi connectivity index (χ0v) is 11.7. The number of hydrogen-bond acceptors (Lipinski definition) is 0. The van der Waals surface area contributed by atoms with Gasteiger partial charge in [0, 0.05) is 0 Å². The van der Waals surface area contributed by atoms with E-state index in [9.17, 15) is 13.2 Å². The Kier molecular flexibility index (Phi) is 4.19. The Morgan fingerprint density at radius 3 is 1.68 bits per heavy atom. The minimum atomic E-state index is -4.48. The van der Waals surface area contributed by atoms with Gasteiger partial charge in [0.15, 0.2) is 0 Å². The highest BCUT2D eigenvalue weighted by Gasteiger charge is 2.55. The quantitative estimate of drug-likeness (QED) is 0.726. The summed E-state index contributed by atoms with van der Waals surface area (Å²) >= 11 is 0. The minimum absolute atomic E-state index is 0.277. The molecule has 0 nitrogen and oxygen atoms in total. The molecule has 0 unspecified atom stereocenters. The minimum Gasteiger partial charge on any atom is -0.171 e. The molecule has 0 bridgehead atoms. The second kappa shape index (κ2) is 4.92. The van der Waals surface area contributed by atoms with Crippen molar-refractivity contribution in [3.05, 3.63) is 35.4 Å². The summed E-state index contributed by atoms with van der Waals surface area (Å²) in [5, 5.41) is -1.97. The third-order valence-corrected chi connectivity index (χ3v) is 3.80. The van der Waals surface area contributed by atoms with Gasteiger partial charge in [-0.15, -0.1) is 0 Å². The SMILES string of the molecule is [B]C([B])(c1ccc(C(C)C)cc1)C(C)(C)C(F)(F)F. The fraction of sp³-hybridized carbons (Fsp3) is 0.571. The lowest BCUT2D eigenvalue weighted by Gasteiger charge is -2.44. The van der Waals surface area contributed by atoms with Crippen LogP contribution >= 0.6 is 0 Å². The molecule has 1 rings (SSSR count). The molecule has 0 aliphatic carbocycles. The number of halogens is 3. The van der Waals surface area contributed by atoms with Crippen LogP contribution in [0.1, 0.15) is 44.7 Å². The summed E-state index contributed by atoms with van der Waals surface area (Å²) in [5.41, 5.74) is -0.914. The first kappa shape index (κ1) is 16.2. The Labute approximate surface area is 115 Å². The molecule has 0 N–H and O–H groups in total. The van der Waals surface area contributed by atoms with Crippen LogP contribution in [-0.4, -0.2) is 21.9 Å². The highest BCUT2D eigenvalue weighted by atomic mass is 19.4. The van der Waals surface area contributed by atoms with Gasteiger partial charge >= 0.3 is 6.18 Å². The summed E-state index contributed by atoms with van der Waals surface area (Å²) in [4.78, 5) is 0. The molecule has 1 aromatic carbocycles. The number of benzene rings is 1. The lowest BCUT2D eigenvalue weighted by molar-refractivity contribution is -0.217. The van der Waals surface area contributed by atoms with Gasteiger partial charge in [0.2, 0.25) is 0 Å². The van der Waals surface area contributed by atoms with Crippen molar-refractivity contribution in [3.63, 3.8) is 0 Å². The van der Waals surface area contributed by atoms with E-state index in [2.05, 4.69) is 0 Å². The average molecular weight is 264 g/mol. The maximum atomic E-state index is 13.1. The fourth-order valence-electron chi connectivity index (χ4n) is 1.74. The van der Waals surface area contributed by atoms with E-state index in [1.165, 1.54) is 0 Å². The zero-order valence-electron chi connectivity index (χ0n) is 11.7. The van der Waals surface area contributed by atoms with Gasteiger partial charge in [-0.25, -0.2) is 0 Å². The van der Waals surface area contributed by atoms with Gasteiger partial charge < -0.3 is 0 Å². The van der Waals surface area contributed by atoms with E-state index in [1.54, 1.807) is 24.3 Å². The Morgan fingerprint density at radius 1 is 0.947 bits per heavy atom. The summed E-state index contributed by atoms with van der Waals surface area (Å²) in [7, 11) is 11.6. The normalized spacial score (nSPS) is 13.9. The van der Waals surface area contributed by atoms with Crippen molar-refractivity contribution < 1.29 is 13.2 Å². The largest absolute Gasteiger partial charge is 0.393 e. The maximum absolute atomic E-state index is 13.1. The van der Waals surface area contributed by atoms with Crippen molar-refractivity contribution >= 4 is 15.7 Å². The molecular formula is C14H17B2F3. The predicted molar refractivity (Wildman–Crippen MR) is 73.6 cm³/mol. The van der Waals surface area contributed by atoms with E-state index in [4.69, 9.17) is 15.7 Å². The molecule has 0 aromatic heterocycles. The summed E-state index contributed by atoms with van der Waals surface area (Å²) in [6.45, 7) is 6.05. The first-order valence-electron chi connectivity index (χ1n) is 6.16. The van der Waals surface area contributed by atoms with Gasteiger partial charge in [0.1, 0.15) is 0 Å². The molecular weight excluding hydrogens is 247 g/mol. The molecule has 4 radical (unpaired) electrons. The Hall–Kier alpha value is -0.860. The van der Waals surface area contributed by atoms with Gasteiger partial charge in [-0.1, -0.05) is 62.7 Å². The summed E-state index contributed by atoms with van der Waals surface area (Å²) in [6.07, 6.45) is -4.48. The third kappa shape index (κ3) is 2.85. The number of rotatable bonds is 3. The standard InChI is InChI=1S/C14H17B2F3/c1-9(2)10-5-7-11(8-6-10)13(15,16)12(3,4)14(17,18)19/h5-9H,1-4H3.